The fourth-order valence-corrected chi connectivity index (χ4v) is 2.85. The molecule has 1 saturated heterocycles. The number of carbonyl (C=O) groups is 2. The van der Waals surface area contributed by atoms with Gasteiger partial charge in [0, 0.05) is 6.04 Å². The zero-order valence-electron chi connectivity index (χ0n) is 16.1. The van der Waals surface area contributed by atoms with Crippen molar-refractivity contribution in [2.24, 2.45) is 0 Å². The molecule has 0 radical (unpaired) electrons. The van der Waals surface area contributed by atoms with E-state index in [-0.39, 0.29) is 18.4 Å². The molecule has 0 bridgehead atoms. The number of aliphatic hydroxyl groups excluding tert-OH is 3. The molecule has 162 valence electrons. The number of aliphatic hydroxyl groups is 3. The van der Waals surface area contributed by atoms with E-state index in [9.17, 15) is 24.9 Å². The Morgan fingerprint density at radius 3 is 2.48 bits per heavy atom. The van der Waals surface area contributed by atoms with Crippen molar-refractivity contribution >= 4 is 28.7 Å². The number of anilines is 1. The number of carbonyl (C=O) groups excluding carboxylic acids is 1. The smallest absolute Gasteiger partial charge is 0.367 e. The number of hydrogen-bond donors (Lipinski definition) is 5. The minimum atomic E-state index is -1.80. The Bertz CT molecular complexity index is 729. The largest absolute Gasteiger partial charge is 0.479 e. The third-order valence-corrected chi connectivity index (χ3v) is 4.52. The van der Waals surface area contributed by atoms with Gasteiger partial charge in [-0.05, 0) is 49.6 Å². The van der Waals surface area contributed by atoms with Gasteiger partial charge in [0.1, 0.15) is 30.7 Å². The molecule has 1 aliphatic heterocycles. The zero-order chi connectivity index (χ0) is 21.7. The average Bonchev–Trinajstić information content (AvgIpc) is 2.67. The van der Waals surface area contributed by atoms with Crippen LogP contribution in [0.15, 0.2) is 18.2 Å². The Morgan fingerprint density at radius 1 is 1.21 bits per heavy atom. The molecule has 5 N–H and O–H groups in total. The minimum Gasteiger partial charge on any atom is -0.479 e. The van der Waals surface area contributed by atoms with Gasteiger partial charge in [0.2, 0.25) is 6.29 Å². The quantitative estimate of drug-likeness (QED) is 0.389. The summed E-state index contributed by atoms with van der Waals surface area (Å²) in [7, 11) is 0. The number of rotatable bonds is 7. The predicted molar refractivity (Wildman–Crippen MR) is 104 cm³/mol. The number of hydrogen-bond acceptors (Lipinski definition) is 10. The van der Waals surface area contributed by atoms with Gasteiger partial charge in [-0.2, -0.15) is 0 Å². The molecule has 0 amide bonds. The first-order valence-electron chi connectivity index (χ1n) is 8.83. The summed E-state index contributed by atoms with van der Waals surface area (Å²) in [4.78, 5) is 22.6. The van der Waals surface area contributed by atoms with E-state index in [4.69, 9.17) is 19.3 Å². The average molecular weight is 431 g/mol. The van der Waals surface area contributed by atoms with Crippen LogP contribution in [0.5, 0.6) is 5.75 Å². The molecule has 0 aliphatic carbocycles. The molecule has 0 aromatic heterocycles. The first-order chi connectivity index (χ1) is 13.6. The van der Waals surface area contributed by atoms with Gasteiger partial charge in [0.15, 0.2) is 6.10 Å². The molecule has 1 aliphatic rings. The number of thioether (sulfide) groups is 1. The molecule has 10 nitrogen and oxygen atoms in total. The van der Waals surface area contributed by atoms with Gasteiger partial charge in [-0.3, -0.25) is 0 Å². The summed E-state index contributed by atoms with van der Waals surface area (Å²) < 4.78 is 15.8. The van der Waals surface area contributed by atoms with Crippen molar-refractivity contribution in [2.75, 3.05) is 11.6 Å². The summed E-state index contributed by atoms with van der Waals surface area (Å²) in [6, 6.07) is 4.84. The Labute approximate surface area is 171 Å². The molecule has 29 heavy (non-hydrogen) atoms. The molecule has 5 atom stereocenters. The minimum absolute atomic E-state index is 0.00211. The fraction of sp³-hybridized carbons (Fsp3) is 0.556. The van der Waals surface area contributed by atoms with Crippen LogP contribution in [0.25, 0.3) is 0 Å². The van der Waals surface area contributed by atoms with Crippen LogP contribution >= 0.6 is 11.8 Å². The molecule has 2 rings (SSSR count). The summed E-state index contributed by atoms with van der Waals surface area (Å²) in [6.07, 6.45) is -6.91. The number of nitrogens with one attached hydrogen (secondary N) is 1. The first kappa shape index (κ1) is 23.2. The molecule has 0 spiro atoms. The molecule has 1 heterocycles. The highest BCUT2D eigenvalue weighted by Crippen LogP contribution is 2.31. The maximum absolute atomic E-state index is 11.3. The molecular formula is C18H25NO9S. The summed E-state index contributed by atoms with van der Waals surface area (Å²) in [5.41, 5.74) is 1.16. The number of ether oxygens (including phenoxy) is 3. The highest BCUT2D eigenvalue weighted by molar-refractivity contribution is 8.12. The third-order valence-electron chi connectivity index (χ3n) is 4.07. The van der Waals surface area contributed by atoms with E-state index in [2.05, 4.69) is 5.32 Å². The van der Waals surface area contributed by atoms with Crippen molar-refractivity contribution < 1.29 is 44.2 Å². The van der Waals surface area contributed by atoms with E-state index in [0.29, 0.717) is 11.3 Å². The van der Waals surface area contributed by atoms with Crippen molar-refractivity contribution in [3.05, 3.63) is 23.8 Å². The van der Waals surface area contributed by atoms with Crippen LogP contribution < -0.4 is 10.1 Å². The number of aliphatic carboxylic acids is 1. The van der Waals surface area contributed by atoms with Crippen LogP contribution in [-0.4, -0.2) is 74.7 Å². The lowest BCUT2D eigenvalue weighted by atomic mass is 9.99. The lowest BCUT2D eigenvalue weighted by Gasteiger charge is -2.38. The van der Waals surface area contributed by atoms with Crippen LogP contribution in [0.3, 0.4) is 0 Å². The standard InChI is InChI=1S/C18H25NO9S/c1-8(2)19-10-6-9(7-26-18(25)29-3)4-5-11(10)27-17-14(22)12(20)13(21)15(28-17)16(23)24/h4-6,8,12-15,17,19-22H,7H2,1-3H3,(H,23,24)/t12-,13-,14+,15-,17+/m1/s1. The van der Waals surface area contributed by atoms with Crippen LogP contribution in [0.4, 0.5) is 10.5 Å². The monoisotopic (exact) mass is 431 g/mol. The van der Waals surface area contributed by atoms with E-state index in [1.165, 1.54) is 6.07 Å². The molecular weight excluding hydrogens is 406 g/mol. The highest BCUT2D eigenvalue weighted by atomic mass is 32.2. The van der Waals surface area contributed by atoms with Gasteiger partial charge in [-0.1, -0.05) is 6.07 Å². The Morgan fingerprint density at radius 2 is 1.90 bits per heavy atom. The molecule has 1 fully saturated rings. The molecule has 0 unspecified atom stereocenters. The predicted octanol–water partition coefficient (Wildman–Crippen LogP) is 0.777. The maximum atomic E-state index is 11.3. The van der Waals surface area contributed by atoms with Crippen LogP contribution in [-0.2, 0) is 20.9 Å². The third kappa shape index (κ3) is 5.97. The Kier molecular flexibility index (Phi) is 8.11. The number of carboxylic acid groups (broad SMARTS) is 1. The van der Waals surface area contributed by atoms with Crippen molar-refractivity contribution in [2.45, 2.75) is 57.2 Å². The second-order valence-corrected chi connectivity index (χ2v) is 7.47. The summed E-state index contributed by atoms with van der Waals surface area (Å²) in [5.74, 6) is -1.28. The lowest BCUT2D eigenvalue weighted by Crippen LogP contribution is -2.61. The van der Waals surface area contributed by atoms with Gasteiger partial charge >= 0.3 is 11.3 Å². The van der Waals surface area contributed by atoms with Gasteiger partial charge in [0.25, 0.3) is 0 Å². The maximum Gasteiger partial charge on any atom is 0.367 e. The Balaban J connectivity index is 2.23. The second-order valence-electron chi connectivity index (χ2n) is 6.73. The fourth-order valence-electron chi connectivity index (χ4n) is 2.67. The van der Waals surface area contributed by atoms with E-state index in [1.807, 2.05) is 13.8 Å². The lowest BCUT2D eigenvalue weighted by molar-refractivity contribution is -0.271. The summed E-state index contributed by atoms with van der Waals surface area (Å²) in [5, 5.41) is 41.7. The van der Waals surface area contributed by atoms with Gasteiger partial charge in [0.05, 0.1) is 5.69 Å². The van der Waals surface area contributed by atoms with E-state index >= 15 is 0 Å². The first-order valence-corrected chi connectivity index (χ1v) is 10.1. The van der Waals surface area contributed by atoms with Crippen molar-refractivity contribution in [1.82, 2.24) is 0 Å². The topological polar surface area (TPSA) is 155 Å². The number of carboxylic acids is 1. The normalized spacial score (nSPS) is 26.8. The zero-order valence-corrected chi connectivity index (χ0v) is 17.0. The molecule has 11 heteroatoms. The van der Waals surface area contributed by atoms with Crippen LogP contribution in [0.1, 0.15) is 19.4 Å². The van der Waals surface area contributed by atoms with Crippen molar-refractivity contribution in [3.63, 3.8) is 0 Å². The van der Waals surface area contributed by atoms with E-state index in [0.717, 1.165) is 11.8 Å². The summed E-state index contributed by atoms with van der Waals surface area (Å²) in [6.45, 7) is 3.81. The van der Waals surface area contributed by atoms with Crippen LogP contribution in [0, 0.1) is 0 Å². The molecule has 1 aromatic rings. The van der Waals surface area contributed by atoms with Crippen molar-refractivity contribution in [1.29, 1.82) is 0 Å². The van der Waals surface area contributed by atoms with E-state index < -0.39 is 42.0 Å². The Hall–Kier alpha value is -2.05. The van der Waals surface area contributed by atoms with Gasteiger partial charge < -0.3 is 40.0 Å². The van der Waals surface area contributed by atoms with Gasteiger partial charge in [-0.25, -0.2) is 9.59 Å². The van der Waals surface area contributed by atoms with Crippen LogP contribution in [0.2, 0.25) is 0 Å². The number of benzene rings is 1. The van der Waals surface area contributed by atoms with Gasteiger partial charge in [-0.15, -0.1) is 0 Å². The summed E-state index contributed by atoms with van der Waals surface area (Å²) >= 11 is 0.951. The van der Waals surface area contributed by atoms with E-state index in [1.54, 1.807) is 18.4 Å². The highest BCUT2D eigenvalue weighted by Gasteiger charge is 2.48. The molecule has 1 aromatic carbocycles. The van der Waals surface area contributed by atoms with Crippen molar-refractivity contribution in [3.8, 4) is 5.75 Å². The molecule has 0 saturated carbocycles. The second kappa shape index (κ2) is 10.1. The SMILES string of the molecule is CSC(=O)OCc1ccc(O[C@H]2O[C@@H](C(=O)O)[C@H](O)[C@@H](O)[C@@H]2O)c(NC(C)C)c1.